The fraction of sp³-hybridized carbons (Fsp3) is 0.423. The maximum atomic E-state index is 5.27. The highest BCUT2D eigenvalue weighted by molar-refractivity contribution is 7.78. The molecule has 1 aromatic heterocycles. The number of aromatic amines is 1. The van der Waals surface area contributed by atoms with E-state index in [0.717, 1.165) is 49.0 Å². The molecule has 0 atom stereocenters. The number of nitrogens with one attached hydrogen (secondary N) is 2. The molecule has 2 N–H and O–H groups in total. The standard InChI is InChI=1S/C11H16O.C8H8N2.C4H10.C3H7NS/c1-3-12-9-8-11-6-4-10(2)5-7-11;1-6-9-7-4-2-3-5-8(7)10-6;1-4(2)3;1-2-3-4-5/h4-7H,3,8-9H2,1-2H3;2-5H,1H3,(H,9,10);4H,1-3H3;2,4-5H,1,3H2. The van der Waals surface area contributed by atoms with E-state index in [2.05, 4.69) is 86.0 Å². The maximum absolute atomic E-state index is 5.27. The highest BCUT2D eigenvalue weighted by Crippen LogP contribution is 2.08. The second-order valence-electron chi connectivity index (χ2n) is 7.65. The Morgan fingerprint density at radius 2 is 1.71 bits per heavy atom. The van der Waals surface area contributed by atoms with Crippen LogP contribution in [0.3, 0.4) is 0 Å². The lowest BCUT2D eigenvalue weighted by atomic mass is 10.1. The van der Waals surface area contributed by atoms with Gasteiger partial charge in [0.25, 0.3) is 0 Å². The topological polar surface area (TPSA) is 49.9 Å². The van der Waals surface area contributed by atoms with E-state index >= 15 is 0 Å². The zero-order valence-electron chi connectivity index (χ0n) is 20.1. The molecule has 3 rings (SSSR count). The van der Waals surface area contributed by atoms with Gasteiger partial charge >= 0.3 is 0 Å². The highest BCUT2D eigenvalue weighted by Gasteiger charge is 1.94. The van der Waals surface area contributed by atoms with Crippen molar-refractivity contribution in [1.82, 2.24) is 14.7 Å². The van der Waals surface area contributed by atoms with Gasteiger partial charge in [0.15, 0.2) is 0 Å². The van der Waals surface area contributed by atoms with Gasteiger partial charge in [0.1, 0.15) is 5.82 Å². The summed E-state index contributed by atoms with van der Waals surface area (Å²) in [7, 11) is 0. The molecule has 0 fully saturated rings. The number of fused-ring (bicyclic) bond motifs is 1. The fourth-order valence-corrected chi connectivity index (χ4v) is 2.36. The van der Waals surface area contributed by atoms with E-state index in [1.165, 1.54) is 11.1 Å². The Morgan fingerprint density at radius 3 is 2.19 bits per heavy atom. The van der Waals surface area contributed by atoms with Crippen LogP contribution in [0, 0.1) is 19.8 Å². The highest BCUT2D eigenvalue weighted by atomic mass is 32.1. The van der Waals surface area contributed by atoms with Crippen molar-refractivity contribution in [2.45, 2.75) is 48.0 Å². The third kappa shape index (κ3) is 16.3. The number of rotatable bonds is 6. The molecule has 0 aliphatic rings. The summed E-state index contributed by atoms with van der Waals surface area (Å²) in [6, 6.07) is 16.6. The van der Waals surface area contributed by atoms with E-state index in [1.807, 2.05) is 38.1 Å². The van der Waals surface area contributed by atoms with Crippen LogP contribution < -0.4 is 4.72 Å². The van der Waals surface area contributed by atoms with Gasteiger partial charge in [0.05, 0.1) is 17.6 Å². The van der Waals surface area contributed by atoms with Crippen molar-refractivity contribution in [2.24, 2.45) is 5.92 Å². The summed E-state index contributed by atoms with van der Waals surface area (Å²) in [4.78, 5) is 7.40. The Kier molecular flexibility index (Phi) is 17.4. The summed E-state index contributed by atoms with van der Waals surface area (Å²) in [5.41, 5.74) is 4.82. The van der Waals surface area contributed by atoms with Crippen LogP contribution >= 0.6 is 12.8 Å². The van der Waals surface area contributed by atoms with E-state index in [1.54, 1.807) is 6.08 Å². The predicted octanol–water partition coefficient (Wildman–Crippen LogP) is 6.71. The number of hydrogen-bond acceptors (Lipinski definition) is 4. The number of nitrogens with zero attached hydrogens (tertiary/aromatic N) is 1. The predicted molar refractivity (Wildman–Crippen MR) is 140 cm³/mol. The number of H-pyrrole nitrogens is 1. The average Bonchev–Trinajstić information content (AvgIpc) is 3.11. The van der Waals surface area contributed by atoms with Crippen LogP contribution in [-0.4, -0.2) is 29.7 Å². The van der Waals surface area contributed by atoms with Crippen molar-refractivity contribution in [3.05, 3.63) is 78.1 Å². The smallest absolute Gasteiger partial charge is 0.104 e. The van der Waals surface area contributed by atoms with Crippen LogP contribution in [-0.2, 0) is 11.2 Å². The molecule has 0 bridgehead atoms. The summed E-state index contributed by atoms with van der Waals surface area (Å²) in [5.74, 6) is 1.81. The summed E-state index contributed by atoms with van der Waals surface area (Å²) < 4.78 is 7.86. The molecule has 2 aromatic carbocycles. The van der Waals surface area contributed by atoms with Crippen molar-refractivity contribution < 1.29 is 4.74 Å². The first-order chi connectivity index (χ1) is 14.8. The average molecular weight is 444 g/mol. The SMILES string of the molecule is C=CCNS.CC(C)C.CCOCCc1ccc(C)cc1.Cc1nc2ccccc2[nH]1. The van der Waals surface area contributed by atoms with Gasteiger partial charge in [-0.05, 0) is 50.8 Å². The number of imidazole rings is 1. The number of aromatic nitrogens is 2. The zero-order valence-corrected chi connectivity index (χ0v) is 21.0. The fourth-order valence-electron chi connectivity index (χ4n) is 2.23. The Balaban J connectivity index is 0.000000426. The third-order valence-corrected chi connectivity index (χ3v) is 3.79. The summed E-state index contributed by atoms with van der Waals surface area (Å²) in [6.07, 6.45) is 2.76. The van der Waals surface area contributed by atoms with Crippen molar-refractivity contribution in [1.29, 1.82) is 0 Å². The van der Waals surface area contributed by atoms with Gasteiger partial charge in [-0.15, -0.1) is 6.58 Å². The summed E-state index contributed by atoms with van der Waals surface area (Å²) >= 11 is 3.68. The number of thiol groups is 1. The minimum absolute atomic E-state index is 0.767. The van der Waals surface area contributed by atoms with Crippen molar-refractivity contribution in [3.8, 4) is 0 Å². The van der Waals surface area contributed by atoms with Crippen LogP contribution in [0.1, 0.15) is 44.6 Å². The molecule has 172 valence electrons. The van der Waals surface area contributed by atoms with E-state index in [0.29, 0.717) is 0 Å². The molecule has 0 radical (unpaired) electrons. The Labute approximate surface area is 195 Å². The second-order valence-corrected chi connectivity index (χ2v) is 7.97. The van der Waals surface area contributed by atoms with Crippen LogP contribution in [0.2, 0.25) is 0 Å². The largest absolute Gasteiger partial charge is 0.381 e. The Bertz CT molecular complexity index is 777. The van der Waals surface area contributed by atoms with Gasteiger partial charge in [-0.25, -0.2) is 4.98 Å². The Hall–Kier alpha value is -2.08. The molecule has 1 heterocycles. The quantitative estimate of drug-likeness (QED) is 0.225. The lowest BCUT2D eigenvalue weighted by molar-refractivity contribution is 0.151. The molecule has 31 heavy (non-hydrogen) atoms. The third-order valence-electron chi connectivity index (χ3n) is 3.60. The van der Waals surface area contributed by atoms with Crippen molar-refractivity contribution >= 4 is 23.8 Å². The van der Waals surface area contributed by atoms with E-state index < -0.39 is 0 Å². The van der Waals surface area contributed by atoms with Crippen LogP contribution in [0.4, 0.5) is 0 Å². The van der Waals surface area contributed by atoms with Crippen molar-refractivity contribution in [3.63, 3.8) is 0 Å². The molecule has 0 aliphatic heterocycles. The number of ether oxygens (including phenoxy) is 1. The molecule has 0 saturated heterocycles. The summed E-state index contributed by atoms with van der Waals surface area (Å²) in [6.45, 7) is 18.4. The number of para-hydroxylation sites is 2. The molecule has 5 heteroatoms. The number of aryl methyl sites for hydroxylation is 2. The molecular weight excluding hydrogens is 402 g/mol. The van der Waals surface area contributed by atoms with Gasteiger partial charge < -0.3 is 9.72 Å². The maximum Gasteiger partial charge on any atom is 0.104 e. The van der Waals surface area contributed by atoms with Crippen LogP contribution in [0.5, 0.6) is 0 Å². The van der Waals surface area contributed by atoms with E-state index in [-0.39, 0.29) is 0 Å². The number of hydrogen-bond donors (Lipinski definition) is 3. The molecule has 0 aliphatic carbocycles. The monoisotopic (exact) mass is 443 g/mol. The molecule has 3 aromatic rings. The van der Waals surface area contributed by atoms with Gasteiger partial charge in [-0.3, -0.25) is 4.72 Å². The zero-order chi connectivity index (χ0) is 23.5. The minimum Gasteiger partial charge on any atom is -0.381 e. The lowest BCUT2D eigenvalue weighted by Gasteiger charge is -2.01. The Morgan fingerprint density at radius 1 is 1.10 bits per heavy atom. The van der Waals surface area contributed by atoms with E-state index in [9.17, 15) is 0 Å². The molecule has 0 unspecified atom stereocenters. The van der Waals surface area contributed by atoms with Gasteiger partial charge in [0.2, 0.25) is 0 Å². The first kappa shape index (κ1) is 28.9. The molecular formula is C26H41N3OS. The molecule has 0 spiro atoms. The van der Waals surface area contributed by atoms with Crippen LogP contribution in [0.25, 0.3) is 11.0 Å². The normalized spacial score (nSPS) is 9.68. The molecule has 0 saturated carbocycles. The molecule has 4 nitrogen and oxygen atoms in total. The van der Waals surface area contributed by atoms with Crippen LogP contribution in [0.15, 0.2) is 61.2 Å². The minimum atomic E-state index is 0.767. The van der Waals surface area contributed by atoms with Gasteiger partial charge in [-0.1, -0.05) is 81.6 Å². The van der Waals surface area contributed by atoms with Gasteiger partial charge in [-0.2, -0.15) is 0 Å². The lowest BCUT2D eigenvalue weighted by Crippen LogP contribution is -1.97. The summed E-state index contributed by atoms with van der Waals surface area (Å²) in [5, 5.41) is 0. The van der Waals surface area contributed by atoms with Crippen molar-refractivity contribution in [2.75, 3.05) is 19.8 Å². The second kappa shape index (κ2) is 18.7. The first-order valence-corrected chi connectivity index (χ1v) is 11.3. The van der Waals surface area contributed by atoms with E-state index in [4.69, 9.17) is 4.74 Å². The first-order valence-electron chi connectivity index (χ1n) is 10.9. The molecule has 0 amide bonds. The van der Waals surface area contributed by atoms with Gasteiger partial charge in [0, 0.05) is 13.2 Å². The number of benzene rings is 2.